The van der Waals surface area contributed by atoms with Gasteiger partial charge < -0.3 is 20.5 Å². The molecule has 3 N–H and O–H groups in total. The Bertz CT molecular complexity index is 510. The largest absolute Gasteiger partial charge is 0.478 e. The molecule has 0 spiro atoms. The number of carbonyl (C=O) groups excluding carboxylic acids is 1. The molecule has 1 fully saturated rings. The summed E-state index contributed by atoms with van der Waals surface area (Å²) in [6.45, 7) is 3.78. The number of aromatic carboxylic acids is 1. The van der Waals surface area contributed by atoms with E-state index in [9.17, 15) is 9.59 Å². The number of morpholine rings is 1. The molecule has 1 aliphatic rings. The molecule has 1 saturated heterocycles. The number of carboxylic acid groups (broad SMARTS) is 1. The third-order valence-electron chi connectivity index (χ3n) is 3.17. The fourth-order valence-corrected chi connectivity index (χ4v) is 2.10. The van der Waals surface area contributed by atoms with Crippen molar-refractivity contribution >= 4 is 17.6 Å². The van der Waals surface area contributed by atoms with Crippen molar-refractivity contribution in [2.45, 2.75) is 19.4 Å². The first-order valence-corrected chi connectivity index (χ1v) is 6.52. The first-order valence-electron chi connectivity index (χ1n) is 6.52. The molecule has 0 aromatic heterocycles. The minimum Gasteiger partial charge on any atom is -0.478 e. The average molecular weight is 278 g/mol. The smallest absolute Gasteiger partial charge is 0.336 e. The minimum absolute atomic E-state index is 0.131. The van der Waals surface area contributed by atoms with Crippen LogP contribution in [0.5, 0.6) is 0 Å². The van der Waals surface area contributed by atoms with Gasteiger partial charge >= 0.3 is 5.97 Å². The molecule has 0 aliphatic carbocycles. The molecule has 20 heavy (non-hydrogen) atoms. The number of hydrogen-bond donors (Lipinski definition) is 3. The third-order valence-corrected chi connectivity index (χ3v) is 3.17. The lowest BCUT2D eigenvalue weighted by Gasteiger charge is -2.23. The summed E-state index contributed by atoms with van der Waals surface area (Å²) in [5.74, 6) is -1.18. The SMILES string of the molecule is Cc1ccc(NC(=O)CC2CNCCO2)cc1C(=O)O. The average Bonchev–Trinajstić information content (AvgIpc) is 2.41. The van der Waals surface area contributed by atoms with Crippen molar-refractivity contribution in [2.75, 3.05) is 25.0 Å². The van der Waals surface area contributed by atoms with Crippen LogP contribution in [-0.4, -0.2) is 42.8 Å². The maximum absolute atomic E-state index is 11.9. The highest BCUT2D eigenvalue weighted by Gasteiger charge is 2.17. The van der Waals surface area contributed by atoms with Crippen LogP contribution in [0.3, 0.4) is 0 Å². The zero-order chi connectivity index (χ0) is 14.5. The molecule has 108 valence electrons. The highest BCUT2D eigenvalue weighted by molar-refractivity contribution is 5.94. The number of carbonyl (C=O) groups is 2. The Hall–Kier alpha value is -1.92. The van der Waals surface area contributed by atoms with Crippen LogP contribution in [0.15, 0.2) is 18.2 Å². The Morgan fingerprint density at radius 2 is 2.30 bits per heavy atom. The first-order chi connectivity index (χ1) is 9.56. The van der Waals surface area contributed by atoms with Gasteiger partial charge in [-0.05, 0) is 24.6 Å². The number of nitrogens with one attached hydrogen (secondary N) is 2. The summed E-state index contributed by atoms with van der Waals surface area (Å²) in [5, 5.41) is 14.9. The first kappa shape index (κ1) is 14.5. The Balaban J connectivity index is 1.96. The molecule has 1 heterocycles. The zero-order valence-corrected chi connectivity index (χ0v) is 11.3. The van der Waals surface area contributed by atoms with Crippen molar-refractivity contribution in [3.63, 3.8) is 0 Å². The summed E-state index contributed by atoms with van der Waals surface area (Å²) in [7, 11) is 0. The van der Waals surface area contributed by atoms with Crippen molar-refractivity contribution in [3.8, 4) is 0 Å². The topological polar surface area (TPSA) is 87.7 Å². The number of carboxylic acids is 1. The number of benzene rings is 1. The van der Waals surface area contributed by atoms with Crippen LogP contribution >= 0.6 is 0 Å². The fourth-order valence-electron chi connectivity index (χ4n) is 2.10. The van der Waals surface area contributed by atoms with Gasteiger partial charge in [-0.2, -0.15) is 0 Å². The van der Waals surface area contributed by atoms with Gasteiger partial charge in [-0.25, -0.2) is 4.79 Å². The van der Waals surface area contributed by atoms with Crippen LogP contribution in [0.25, 0.3) is 0 Å². The lowest BCUT2D eigenvalue weighted by Crippen LogP contribution is -2.40. The molecule has 6 heteroatoms. The standard InChI is InChI=1S/C14H18N2O4/c1-9-2-3-10(6-12(9)14(18)19)16-13(17)7-11-8-15-4-5-20-11/h2-3,6,11,15H,4-5,7-8H2,1H3,(H,16,17)(H,18,19). The number of aryl methyl sites for hydroxylation is 1. The molecule has 6 nitrogen and oxygen atoms in total. The number of rotatable bonds is 4. The van der Waals surface area contributed by atoms with Crippen molar-refractivity contribution in [1.29, 1.82) is 0 Å². The van der Waals surface area contributed by atoms with E-state index >= 15 is 0 Å². The Labute approximate surface area is 117 Å². The monoisotopic (exact) mass is 278 g/mol. The summed E-state index contributed by atoms with van der Waals surface area (Å²) >= 11 is 0. The van der Waals surface area contributed by atoms with Gasteiger partial charge in [-0.15, -0.1) is 0 Å². The van der Waals surface area contributed by atoms with Gasteiger partial charge in [0.25, 0.3) is 0 Å². The number of anilines is 1. The van der Waals surface area contributed by atoms with E-state index in [0.717, 1.165) is 6.54 Å². The fraction of sp³-hybridized carbons (Fsp3) is 0.429. The third kappa shape index (κ3) is 3.79. The lowest BCUT2D eigenvalue weighted by atomic mass is 10.1. The summed E-state index contributed by atoms with van der Waals surface area (Å²) in [4.78, 5) is 22.9. The maximum Gasteiger partial charge on any atom is 0.336 e. The molecule has 1 aromatic carbocycles. The van der Waals surface area contributed by atoms with Crippen LogP contribution in [-0.2, 0) is 9.53 Å². The quantitative estimate of drug-likeness (QED) is 0.765. The van der Waals surface area contributed by atoms with Crippen LogP contribution in [0.4, 0.5) is 5.69 Å². The van der Waals surface area contributed by atoms with E-state index in [1.54, 1.807) is 19.1 Å². The maximum atomic E-state index is 11.9. The second kappa shape index (κ2) is 6.49. The highest BCUT2D eigenvalue weighted by Crippen LogP contribution is 2.16. The summed E-state index contributed by atoms with van der Waals surface area (Å²) < 4.78 is 5.45. The minimum atomic E-state index is -1.00. The van der Waals surface area contributed by atoms with Gasteiger partial charge in [0.1, 0.15) is 0 Å². The molecule has 0 saturated carbocycles. The van der Waals surface area contributed by atoms with E-state index < -0.39 is 5.97 Å². The normalized spacial score (nSPS) is 18.6. The lowest BCUT2D eigenvalue weighted by molar-refractivity contribution is -0.119. The second-order valence-electron chi connectivity index (χ2n) is 4.78. The van der Waals surface area contributed by atoms with Gasteiger partial charge in [0.15, 0.2) is 0 Å². The van der Waals surface area contributed by atoms with E-state index in [2.05, 4.69) is 10.6 Å². The molecule has 1 aromatic rings. The van der Waals surface area contributed by atoms with E-state index in [1.165, 1.54) is 6.07 Å². The van der Waals surface area contributed by atoms with Gasteiger partial charge in [-0.3, -0.25) is 4.79 Å². The molecule has 2 rings (SSSR count). The molecule has 1 aliphatic heterocycles. The summed E-state index contributed by atoms with van der Waals surface area (Å²) in [6, 6.07) is 4.84. The Morgan fingerprint density at radius 1 is 1.50 bits per heavy atom. The summed E-state index contributed by atoms with van der Waals surface area (Å²) in [5.41, 5.74) is 1.34. The van der Waals surface area contributed by atoms with Crippen molar-refractivity contribution in [1.82, 2.24) is 5.32 Å². The molecule has 1 atom stereocenters. The predicted molar refractivity (Wildman–Crippen MR) is 74.0 cm³/mol. The van der Waals surface area contributed by atoms with Gasteiger partial charge in [-0.1, -0.05) is 6.07 Å². The van der Waals surface area contributed by atoms with E-state index in [4.69, 9.17) is 9.84 Å². The number of hydrogen-bond acceptors (Lipinski definition) is 4. The number of amides is 1. The highest BCUT2D eigenvalue weighted by atomic mass is 16.5. The molecule has 1 unspecified atom stereocenters. The van der Waals surface area contributed by atoms with Crippen molar-refractivity contribution < 1.29 is 19.4 Å². The van der Waals surface area contributed by atoms with Gasteiger partial charge in [0.05, 0.1) is 24.7 Å². The van der Waals surface area contributed by atoms with E-state index in [0.29, 0.717) is 24.4 Å². The van der Waals surface area contributed by atoms with Crippen LogP contribution in [0, 0.1) is 6.92 Å². The Morgan fingerprint density at radius 3 is 2.95 bits per heavy atom. The molecular weight excluding hydrogens is 260 g/mol. The van der Waals surface area contributed by atoms with Crippen LogP contribution in [0.1, 0.15) is 22.3 Å². The molecule has 0 bridgehead atoms. The van der Waals surface area contributed by atoms with E-state index in [-0.39, 0.29) is 24.0 Å². The van der Waals surface area contributed by atoms with Crippen molar-refractivity contribution in [2.24, 2.45) is 0 Å². The molecule has 0 radical (unpaired) electrons. The second-order valence-corrected chi connectivity index (χ2v) is 4.78. The summed E-state index contributed by atoms with van der Waals surface area (Å²) in [6.07, 6.45) is 0.122. The van der Waals surface area contributed by atoms with Gasteiger partial charge in [0, 0.05) is 18.8 Å². The van der Waals surface area contributed by atoms with Crippen molar-refractivity contribution in [3.05, 3.63) is 29.3 Å². The molecular formula is C14H18N2O4. The van der Waals surface area contributed by atoms with Gasteiger partial charge in [0.2, 0.25) is 5.91 Å². The predicted octanol–water partition coefficient (Wildman–Crippen LogP) is 1.01. The van der Waals surface area contributed by atoms with Crippen LogP contribution < -0.4 is 10.6 Å². The van der Waals surface area contributed by atoms with Crippen LogP contribution in [0.2, 0.25) is 0 Å². The Kier molecular flexibility index (Phi) is 4.70. The zero-order valence-electron chi connectivity index (χ0n) is 11.3. The number of ether oxygens (including phenoxy) is 1. The van der Waals surface area contributed by atoms with E-state index in [1.807, 2.05) is 0 Å². The molecule has 1 amide bonds.